The van der Waals surface area contributed by atoms with Crippen LogP contribution in [0.4, 0.5) is 10.5 Å². The second kappa shape index (κ2) is 9.51. The molecule has 0 aromatic heterocycles. The predicted molar refractivity (Wildman–Crippen MR) is 122 cm³/mol. The summed E-state index contributed by atoms with van der Waals surface area (Å²) in [5.41, 5.74) is -0.736. The normalized spacial score (nSPS) is 25.9. The standard InChI is InChI=1S/C22H30N4O7S/c1-15-5-3-4-8-22(15)20(28)26(21(29)24-22)14-19(27)23-16-6-7-17(32-2)18(13-16)34(30,31)25-9-11-33-12-10-25/h6-7,13,15H,3-5,8-12,14H2,1-2H3,(H,23,27)(H,24,29)/t15-,22+/m0/s1. The number of imide groups is 1. The number of ether oxygens (including phenoxy) is 2. The highest BCUT2D eigenvalue weighted by molar-refractivity contribution is 7.89. The van der Waals surface area contributed by atoms with Crippen molar-refractivity contribution in [3.05, 3.63) is 18.2 Å². The molecule has 4 rings (SSSR count). The van der Waals surface area contributed by atoms with E-state index in [4.69, 9.17) is 9.47 Å². The number of benzene rings is 1. The summed E-state index contributed by atoms with van der Waals surface area (Å²) in [6.45, 7) is 2.50. The molecular formula is C22H30N4O7S. The maximum Gasteiger partial charge on any atom is 0.325 e. The summed E-state index contributed by atoms with van der Waals surface area (Å²) >= 11 is 0. The number of carbonyl (C=O) groups excluding carboxylic acids is 3. The van der Waals surface area contributed by atoms with Gasteiger partial charge in [-0.2, -0.15) is 4.31 Å². The molecule has 1 aromatic carbocycles. The molecule has 2 N–H and O–H groups in total. The van der Waals surface area contributed by atoms with Crippen molar-refractivity contribution in [2.75, 3.05) is 45.3 Å². The summed E-state index contributed by atoms with van der Waals surface area (Å²) in [5.74, 6) is -0.860. The molecule has 1 spiro atoms. The van der Waals surface area contributed by atoms with Crippen LogP contribution in [-0.4, -0.2) is 81.0 Å². The lowest BCUT2D eigenvalue weighted by Gasteiger charge is -2.36. The topological polar surface area (TPSA) is 134 Å². The number of carbonyl (C=O) groups is 3. The Balaban J connectivity index is 1.50. The van der Waals surface area contributed by atoms with Gasteiger partial charge in [0.1, 0.15) is 22.7 Å². The Labute approximate surface area is 198 Å². The van der Waals surface area contributed by atoms with Crippen molar-refractivity contribution in [1.29, 1.82) is 0 Å². The molecule has 4 amide bonds. The zero-order chi connectivity index (χ0) is 24.5. The maximum atomic E-state index is 13.1. The molecule has 0 radical (unpaired) electrons. The fraction of sp³-hybridized carbons (Fsp3) is 0.591. The lowest BCUT2D eigenvalue weighted by molar-refractivity contribution is -0.136. The summed E-state index contributed by atoms with van der Waals surface area (Å²) in [7, 11) is -2.51. The van der Waals surface area contributed by atoms with Crippen molar-refractivity contribution < 1.29 is 32.3 Å². The van der Waals surface area contributed by atoms with E-state index in [1.54, 1.807) is 0 Å². The van der Waals surface area contributed by atoms with Gasteiger partial charge in [-0.3, -0.25) is 14.5 Å². The van der Waals surface area contributed by atoms with Crippen molar-refractivity contribution >= 4 is 33.6 Å². The summed E-state index contributed by atoms with van der Waals surface area (Å²) in [5, 5.41) is 5.42. The molecule has 2 atom stereocenters. The number of nitrogens with zero attached hydrogens (tertiary/aromatic N) is 2. The number of sulfonamides is 1. The van der Waals surface area contributed by atoms with E-state index in [0.717, 1.165) is 24.2 Å². The molecule has 12 heteroatoms. The Bertz CT molecular complexity index is 1090. The molecule has 0 unspecified atom stereocenters. The van der Waals surface area contributed by atoms with Crippen LogP contribution in [0.3, 0.4) is 0 Å². The minimum Gasteiger partial charge on any atom is -0.495 e. The zero-order valence-corrected chi connectivity index (χ0v) is 20.2. The maximum absolute atomic E-state index is 13.1. The highest BCUT2D eigenvalue weighted by Crippen LogP contribution is 2.38. The smallest absolute Gasteiger partial charge is 0.325 e. The number of anilines is 1. The predicted octanol–water partition coefficient (Wildman–Crippen LogP) is 1.16. The van der Waals surface area contributed by atoms with Gasteiger partial charge in [0.15, 0.2) is 0 Å². The first-order valence-corrected chi connectivity index (χ1v) is 12.8. The Hall–Kier alpha value is -2.70. The summed E-state index contributed by atoms with van der Waals surface area (Å²) in [6.07, 6.45) is 3.22. The average molecular weight is 495 g/mol. The Kier molecular flexibility index (Phi) is 6.83. The lowest BCUT2D eigenvalue weighted by atomic mass is 9.73. The molecule has 34 heavy (non-hydrogen) atoms. The third kappa shape index (κ3) is 4.37. The van der Waals surface area contributed by atoms with Crippen LogP contribution in [0.2, 0.25) is 0 Å². The summed E-state index contributed by atoms with van der Waals surface area (Å²) in [4.78, 5) is 39.2. The van der Waals surface area contributed by atoms with E-state index in [-0.39, 0.29) is 41.2 Å². The van der Waals surface area contributed by atoms with E-state index in [1.165, 1.54) is 29.6 Å². The molecule has 1 aliphatic carbocycles. The van der Waals surface area contributed by atoms with E-state index < -0.39 is 34.0 Å². The molecule has 3 fully saturated rings. The van der Waals surface area contributed by atoms with Gasteiger partial charge in [-0.25, -0.2) is 13.2 Å². The van der Waals surface area contributed by atoms with E-state index in [0.29, 0.717) is 19.6 Å². The first kappa shape index (κ1) is 24.4. The SMILES string of the molecule is COc1ccc(NC(=O)CN2C(=O)N[C@@]3(CCCC[C@@H]3C)C2=O)cc1S(=O)(=O)N1CCOCC1. The largest absolute Gasteiger partial charge is 0.495 e. The number of methoxy groups -OCH3 is 1. The molecule has 1 aromatic rings. The van der Waals surface area contributed by atoms with Gasteiger partial charge in [-0.1, -0.05) is 19.8 Å². The Morgan fingerprint density at radius 2 is 2.00 bits per heavy atom. The molecule has 3 aliphatic rings. The van der Waals surface area contributed by atoms with Gasteiger partial charge >= 0.3 is 6.03 Å². The van der Waals surface area contributed by atoms with Gasteiger partial charge in [0.2, 0.25) is 15.9 Å². The Morgan fingerprint density at radius 3 is 2.68 bits per heavy atom. The highest BCUT2D eigenvalue weighted by atomic mass is 32.2. The van der Waals surface area contributed by atoms with Crippen LogP contribution in [0.1, 0.15) is 32.6 Å². The molecule has 0 bridgehead atoms. The first-order chi connectivity index (χ1) is 16.2. The van der Waals surface area contributed by atoms with Gasteiger partial charge < -0.3 is 20.1 Å². The first-order valence-electron chi connectivity index (χ1n) is 11.4. The van der Waals surface area contributed by atoms with Crippen LogP contribution in [0.5, 0.6) is 5.75 Å². The number of amides is 4. The number of hydrogen-bond donors (Lipinski definition) is 2. The minimum absolute atomic E-state index is 0.0136. The fourth-order valence-electron chi connectivity index (χ4n) is 4.87. The van der Waals surface area contributed by atoms with Gasteiger partial charge in [0.05, 0.1) is 20.3 Å². The van der Waals surface area contributed by atoms with Crippen molar-refractivity contribution in [2.24, 2.45) is 5.92 Å². The zero-order valence-electron chi connectivity index (χ0n) is 19.3. The number of nitrogens with one attached hydrogen (secondary N) is 2. The Morgan fingerprint density at radius 1 is 1.26 bits per heavy atom. The van der Waals surface area contributed by atoms with E-state index in [2.05, 4.69) is 10.6 Å². The highest BCUT2D eigenvalue weighted by Gasteiger charge is 2.55. The third-order valence-electron chi connectivity index (χ3n) is 6.84. The van der Waals surface area contributed by atoms with Crippen LogP contribution in [-0.2, 0) is 24.3 Å². The summed E-state index contributed by atoms with van der Waals surface area (Å²) < 4.78 is 38.1. The van der Waals surface area contributed by atoms with Gasteiger partial charge in [-0.15, -0.1) is 0 Å². The van der Waals surface area contributed by atoms with E-state index >= 15 is 0 Å². The number of morpholine rings is 1. The van der Waals surface area contributed by atoms with Crippen molar-refractivity contribution in [3.63, 3.8) is 0 Å². The monoisotopic (exact) mass is 494 g/mol. The molecular weight excluding hydrogens is 464 g/mol. The van der Waals surface area contributed by atoms with E-state index in [9.17, 15) is 22.8 Å². The van der Waals surface area contributed by atoms with E-state index in [1.807, 2.05) is 6.92 Å². The molecule has 2 aliphatic heterocycles. The second-order valence-electron chi connectivity index (χ2n) is 8.87. The minimum atomic E-state index is -3.88. The number of hydrogen-bond acceptors (Lipinski definition) is 7. The molecule has 186 valence electrons. The quantitative estimate of drug-likeness (QED) is 0.567. The summed E-state index contributed by atoms with van der Waals surface area (Å²) in [6, 6.07) is 3.69. The van der Waals surface area contributed by atoms with Gasteiger partial charge in [0.25, 0.3) is 5.91 Å². The molecule has 1 saturated carbocycles. The van der Waals surface area contributed by atoms with Crippen LogP contribution >= 0.6 is 0 Å². The van der Waals surface area contributed by atoms with Crippen molar-refractivity contribution in [3.8, 4) is 5.75 Å². The van der Waals surface area contributed by atoms with Crippen LogP contribution in [0, 0.1) is 5.92 Å². The molecule has 2 heterocycles. The van der Waals surface area contributed by atoms with Gasteiger partial charge in [-0.05, 0) is 37.0 Å². The molecule has 2 saturated heterocycles. The van der Waals surface area contributed by atoms with Crippen molar-refractivity contribution in [1.82, 2.24) is 14.5 Å². The van der Waals surface area contributed by atoms with Gasteiger partial charge in [0, 0.05) is 18.8 Å². The second-order valence-corrected chi connectivity index (χ2v) is 10.8. The van der Waals surface area contributed by atoms with Crippen LogP contribution in [0.15, 0.2) is 23.1 Å². The van der Waals surface area contributed by atoms with Crippen LogP contribution in [0.25, 0.3) is 0 Å². The van der Waals surface area contributed by atoms with Crippen LogP contribution < -0.4 is 15.4 Å². The average Bonchev–Trinajstić information content (AvgIpc) is 3.06. The number of urea groups is 1. The molecule has 11 nitrogen and oxygen atoms in total. The number of rotatable bonds is 6. The lowest BCUT2D eigenvalue weighted by Crippen LogP contribution is -2.54. The fourth-order valence-corrected chi connectivity index (χ4v) is 6.45. The third-order valence-corrected chi connectivity index (χ3v) is 8.76. The van der Waals surface area contributed by atoms with Crippen molar-refractivity contribution in [2.45, 2.75) is 43.0 Å².